The number of benzene rings is 1. The zero-order valence-corrected chi connectivity index (χ0v) is 20.2. The molecule has 0 radical (unpaired) electrons. The minimum absolute atomic E-state index is 0.00299. The summed E-state index contributed by atoms with van der Waals surface area (Å²) >= 11 is 0. The molecule has 0 aliphatic carbocycles. The highest BCUT2D eigenvalue weighted by Crippen LogP contribution is 2.51. The third-order valence-electron chi connectivity index (χ3n) is 8.20. The SMILES string of the molecule is Cc1ccc2c3c1c1ncc(C(C)(C)C)c(C)c1c1n3c(c[n+]1C)C(C)(C)C2(C)C. The van der Waals surface area contributed by atoms with E-state index in [-0.39, 0.29) is 16.2 Å². The summed E-state index contributed by atoms with van der Waals surface area (Å²) in [5.74, 6) is 0. The molecular weight excluding hydrogens is 366 g/mol. The van der Waals surface area contributed by atoms with Gasteiger partial charge in [0.2, 0.25) is 0 Å². The van der Waals surface area contributed by atoms with Crippen LogP contribution in [0, 0.1) is 13.8 Å². The van der Waals surface area contributed by atoms with Gasteiger partial charge in [0, 0.05) is 22.6 Å². The molecule has 0 saturated carbocycles. The number of imidazole rings is 1. The van der Waals surface area contributed by atoms with Crippen molar-refractivity contribution >= 4 is 27.5 Å². The molecular formula is C27H34N3+. The summed E-state index contributed by atoms with van der Waals surface area (Å²) < 4.78 is 4.87. The first-order valence-corrected chi connectivity index (χ1v) is 11.1. The quantitative estimate of drug-likeness (QED) is 0.264. The summed E-state index contributed by atoms with van der Waals surface area (Å²) in [4.78, 5) is 5.12. The summed E-state index contributed by atoms with van der Waals surface area (Å²) in [6.07, 6.45) is 4.47. The third-order valence-corrected chi connectivity index (χ3v) is 8.20. The van der Waals surface area contributed by atoms with E-state index in [9.17, 15) is 0 Å². The number of pyridine rings is 2. The van der Waals surface area contributed by atoms with Gasteiger partial charge in [-0.3, -0.25) is 4.98 Å². The van der Waals surface area contributed by atoms with E-state index in [0.29, 0.717) is 0 Å². The standard InChI is InChI=1S/C27H34N3/c1-15-11-12-17-23-20(15)22-21(16(2)18(13-28-22)25(3,4)5)24-29(10)14-19(30(23)24)27(8,9)26(17,6)7/h11-14H,1-10H3/q+1. The number of aryl methyl sites for hydroxylation is 3. The van der Waals surface area contributed by atoms with Gasteiger partial charge in [0.25, 0.3) is 5.65 Å². The van der Waals surface area contributed by atoms with Crippen LogP contribution >= 0.6 is 0 Å². The van der Waals surface area contributed by atoms with Crippen molar-refractivity contribution in [2.24, 2.45) is 7.05 Å². The summed E-state index contributed by atoms with van der Waals surface area (Å²) in [6, 6.07) is 4.65. The minimum Gasteiger partial charge on any atom is -0.255 e. The maximum atomic E-state index is 5.12. The molecule has 1 aliphatic rings. The highest BCUT2D eigenvalue weighted by molar-refractivity contribution is 6.13. The lowest BCUT2D eigenvalue weighted by molar-refractivity contribution is -0.643. The first-order valence-electron chi connectivity index (χ1n) is 11.1. The molecule has 30 heavy (non-hydrogen) atoms. The number of fused-ring (bicyclic) bond motifs is 3. The van der Waals surface area contributed by atoms with Crippen LogP contribution in [0.4, 0.5) is 0 Å². The van der Waals surface area contributed by atoms with Crippen molar-refractivity contribution in [3.8, 4) is 0 Å². The molecule has 3 aromatic heterocycles. The molecule has 0 bridgehead atoms. The molecule has 0 N–H and O–H groups in total. The largest absolute Gasteiger partial charge is 0.296 e. The van der Waals surface area contributed by atoms with Gasteiger partial charge in [-0.15, -0.1) is 0 Å². The fraction of sp³-hybridized carbons (Fsp3) is 0.481. The number of aromatic nitrogens is 3. The van der Waals surface area contributed by atoms with Crippen molar-refractivity contribution in [1.29, 1.82) is 0 Å². The van der Waals surface area contributed by atoms with Crippen molar-refractivity contribution in [1.82, 2.24) is 9.38 Å². The average molecular weight is 401 g/mol. The molecule has 4 aromatic rings. The molecule has 0 saturated heterocycles. The highest BCUT2D eigenvalue weighted by Gasteiger charge is 2.50. The van der Waals surface area contributed by atoms with Crippen molar-refractivity contribution < 1.29 is 4.57 Å². The van der Waals surface area contributed by atoms with Crippen LogP contribution in [0.2, 0.25) is 0 Å². The summed E-state index contributed by atoms with van der Waals surface area (Å²) in [7, 11) is 2.19. The molecule has 1 aliphatic heterocycles. The van der Waals surface area contributed by atoms with Gasteiger partial charge in [0.05, 0.1) is 23.3 Å². The fourth-order valence-electron chi connectivity index (χ4n) is 5.74. The van der Waals surface area contributed by atoms with Crippen LogP contribution in [-0.2, 0) is 23.3 Å². The Morgan fingerprint density at radius 1 is 0.967 bits per heavy atom. The van der Waals surface area contributed by atoms with Crippen LogP contribution in [0.5, 0.6) is 0 Å². The Kier molecular flexibility index (Phi) is 3.54. The van der Waals surface area contributed by atoms with Gasteiger partial charge < -0.3 is 0 Å². The number of hydrogen-bond donors (Lipinski definition) is 0. The molecule has 1 aromatic carbocycles. The maximum absolute atomic E-state index is 5.12. The van der Waals surface area contributed by atoms with E-state index in [4.69, 9.17) is 4.98 Å². The molecule has 4 heterocycles. The number of nitrogens with zero attached hydrogens (tertiary/aromatic N) is 3. The Bertz CT molecular complexity index is 1390. The molecule has 3 heteroatoms. The maximum Gasteiger partial charge on any atom is 0.296 e. The fourth-order valence-corrected chi connectivity index (χ4v) is 5.74. The molecule has 0 fully saturated rings. The van der Waals surface area contributed by atoms with Crippen molar-refractivity contribution in [3.63, 3.8) is 0 Å². The molecule has 156 valence electrons. The monoisotopic (exact) mass is 400 g/mol. The predicted molar refractivity (Wildman–Crippen MR) is 126 cm³/mol. The first kappa shape index (κ1) is 19.5. The number of rotatable bonds is 0. The van der Waals surface area contributed by atoms with Crippen molar-refractivity contribution in [3.05, 3.63) is 52.5 Å². The summed E-state index contributed by atoms with van der Waals surface area (Å²) in [5, 5.41) is 2.60. The smallest absolute Gasteiger partial charge is 0.255 e. The zero-order valence-electron chi connectivity index (χ0n) is 20.2. The van der Waals surface area contributed by atoms with Gasteiger partial charge in [-0.25, -0.2) is 4.57 Å². The molecule has 0 spiro atoms. The molecule has 0 unspecified atom stereocenters. The van der Waals surface area contributed by atoms with E-state index < -0.39 is 0 Å². The normalized spacial score (nSPS) is 17.5. The van der Waals surface area contributed by atoms with Gasteiger partial charge >= 0.3 is 0 Å². The van der Waals surface area contributed by atoms with Gasteiger partial charge in [-0.05, 0) is 36.0 Å². The molecule has 5 rings (SSSR count). The van der Waals surface area contributed by atoms with Gasteiger partial charge in [-0.1, -0.05) is 60.6 Å². The zero-order chi connectivity index (χ0) is 22.0. The van der Waals surface area contributed by atoms with E-state index in [2.05, 4.69) is 103 Å². The Balaban J connectivity index is 2.19. The van der Waals surface area contributed by atoms with E-state index in [1.165, 1.54) is 49.9 Å². The van der Waals surface area contributed by atoms with E-state index >= 15 is 0 Å². The lowest BCUT2D eigenvalue weighted by Gasteiger charge is -2.43. The Hall–Kier alpha value is -2.42. The topological polar surface area (TPSA) is 21.2 Å². The van der Waals surface area contributed by atoms with E-state index in [1.807, 2.05) is 0 Å². The van der Waals surface area contributed by atoms with Crippen molar-refractivity contribution in [2.45, 2.75) is 78.6 Å². The summed E-state index contributed by atoms with van der Waals surface area (Å²) in [5.41, 5.74) is 10.6. The van der Waals surface area contributed by atoms with Crippen molar-refractivity contribution in [2.75, 3.05) is 0 Å². The summed E-state index contributed by atoms with van der Waals surface area (Å²) in [6.45, 7) is 20.9. The van der Waals surface area contributed by atoms with Crippen LogP contribution in [0.25, 0.3) is 27.5 Å². The minimum atomic E-state index is 0.00299. The lowest BCUT2D eigenvalue weighted by atomic mass is 9.60. The second-order valence-electron chi connectivity index (χ2n) is 11.5. The predicted octanol–water partition coefficient (Wildman–Crippen LogP) is 5.95. The van der Waals surface area contributed by atoms with Crippen LogP contribution in [0.1, 0.15) is 76.4 Å². The van der Waals surface area contributed by atoms with Gasteiger partial charge in [-0.2, -0.15) is 4.40 Å². The highest BCUT2D eigenvalue weighted by atomic mass is 15.1. The average Bonchev–Trinajstić information content (AvgIpc) is 2.98. The molecule has 0 atom stereocenters. The van der Waals surface area contributed by atoms with Gasteiger partial charge in [0.15, 0.2) is 5.69 Å². The first-order chi connectivity index (χ1) is 13.8. The lowest BCUT2D eigenvalue weighted by Crippen LogP contribution is -2.44. The van der Waals surface area contributed by atoms with Crippen LogP contribution < -0.4 is 4.57 Å². The van der Waals surface area contributed by atoms with Gasteiger partial charge in [0.1, 0.15) is 11.7 Å². The van der Waals surface area contributed by atoms with E-state index in [1.54, 1.807) is 0 Å². The Morgan fingerprint density at radius 2 is 1.63 bits per heavy atom. The molecule has 3 nitrogen and oxygen atoms in total. The Labute approximate surface area is 179 Å². The van der Waals surface area contributed by atoms with Crippen LogP contribution in [0.15, 0.2) is 24.5 Å². The second-order valence-corrected chi connectivity index (χ2v) is 11.5. The van der Waals surface area contributed by atoms with Crippen LogP contribution in [-0.4, -0.2) is 9.38 Å². The third kappa shape index (κ3) is 2.06. The molecule has 0 amide bonds. The number of hydrogen-bond acceptors (Lipinski definition) is 1. The Morgan fingerprint density at radius 3 is 2.27 bits per heavy atom. The van der Waals surface area contributed by atoms with E-state index in [0.717, 1.165) is 5.52 Å². The van der Waals surface area contributed by atoms with Crippen LogP contribution in [0.3, 0.4) is 0 Å². The second kappa shape index (κ2) is 5.43.